The van der Waals surface area contributed by atoms with Crippen LogP contribution >= 0.6 is 23.1 Å². The third-order valence-electron chi connectivity index (χ3n) is 1.32. The maximum absolute atomic E-state index is 13.1. The molecule has 0 saturated carbocycles. The molecule has 2 rings (SSSR count). The van der Waals surface area contributed by atoms with Gasteiger partial charge in [0.2, 0.25) is 5.95 Å². The number of anilines is 1. The maximum Gasteiger partial charge on any atom is 0.221 e. The van der Waals surface area contributed by atoms with Crippen LogP contribution in [0.2, 0.25) is 0 Å². The van der Waals surface area contributed by atoms with Gasteiger partial charge in [0.05, 0.1) is 6.20 Å². The Morgan fingerprint density at radius 1 is 1.43 bits per heavy atom. The summed E-state index contributed by atoms with van der Waals surface area (Å²) in [5, 5.41) is 2.01. The number of aromatic nitrogens is 3. The molecule has 0 atom stereocenters. The number of nitrogen functional groups attached to an aromatic ring is 1. The van der Waals surface area contributed by atoms with Crippen molar-refractivity contribution >= 4 is 29.0 Å². The second-order valence-electron chi connectivity index (χ2n) is 2.28. The van der Waals surface area contributed by atoms with Gasteiger partial charge in [0.1, 0.15) is 5.03 Å². The highest BCUT2D eigenvalue weighted by Gasteiger charge is 2.08. The Bertz CT molecular complexity index is 431. The van der Waals surface area contributed by atoms with E-state index in [4.69, 9.17) is 5.73 Å². The first-order valence-corrected chi connectivity index (χ1v) is 5.30. The van der Waals surface area contributed by atoms with Gasteiger partial charge >= 0.3 is 0 Å². The predicted octanol–water partition coefficient (Wildman–Crippen LogP) is 1.81. The lowest BCUT2D eigenvalue weighted by Crippen LogP contribution is -1.97. The van der Waals surface area contributed by atoms with Crippen LogP contribution in [0.3, 0.4) is 0 Å². The van der Waals surface area contributed by atoms with E-state index >= 15 is 0 Å². The van der Waals surface area contributed by atoms with E-state index in [9.17, 15) is 4.39 Å². The van der Waals surface area contributed by atoms with Crippen LogP contribution in [0.4, 0.5) is 10.3 Å². The van der Waals surface area contributed by atoms with Gasteiger partial charge in [-0.1, -0.05) is 0 Å². The molecule has 0 unspecified atom stereocenters. The minimum Gasteiger partial charge on any atom is -0.368 e. The van der Waals surface area contributed by atoms with Crippen LogP contribution < -0.4 is 5.73 Å². The van der Waals surface area contributed by atoms with E-state index in [-0.39, 0.29) is 11.0 Å². The molecule has 2 heterocycles. The summed E-state index contributed by atoms with van der Waals surface area (Å²) in [5.41, 5.74) is 5.34. The van der Waals surface area contributed by atoms with Crippen LogP contribution in [0.5, 0.6) is 0 Å². The molecule has 14 heavy (non-hydrogen) atoms. The van der Waals surface area contributed by atoms with Crippen molar-refractivity contribution in [3.63, 3.8) is 0 Å². The molecule has 0 spiro atoms. The molecule has 0 aliphatic carbocycles. The largest absolute Gasteiger partial charge is 0.368 e. The quantitative estimate of drug-likeness (QED) is 0.794. The molecular formula is C7H5FN4S2. The Kier molecular flexibility index (Phi) is 2.60. The summed E-state index contributed by atoms with van der Waals surface area (Å²) in [6.07, 6.45) is 2.70. The molecule has 2 N–H and O–H groups in total. The van der Waals surface area contributed by atoms with Crippen LogP contribution in [-0.4, -0.2) is 15.0 Å². The molecular weight excluding hydrogens is 223 g/mol. The Morgan fingerprint density at radius 3 is 3.00 bits per heavy atom. The van der Waals surface area contributed by atoms with Crippen molar-refractivity contribution < 1.29 is 4.39 Å². The van der Waals surface area contributed by atoms with E-state index in [2.05, 4.69) is 15.0 Å². The fraction of sp³-hybridized carbons (Fsp3) is 0. The molecule has 7 heteroatoms. The standard InChI is InChI=1S/C7H5FN4S2/c8-4-3-11-6(9)12-5(4)14-7-10-1-2-13-7/h1-3H,(H2,9,11,12). The van der Waals surface area contributed by atoms with E-state index in [0.717, 1.165) is 22.3 Å². The third-order valence-corrected chi connectivity index (χ3v) is 3.19. The topological polar surface area (TPSA) is 64.7 Å². The molecule has 72 valence electrons. The minimum absolute atomic E-state index is 0.0606. The smallest absolute Gasteiger partial charge is 0.221 e. The molecule has 0 aliphatic rings. The van der Waals surface area contributed by atoms with Crippen molar-refractivity contribution in [3.8, 4) is 0 Å². The molecule has 4 nitrogen and oxygen atoms in total. The highest BCUT2D eigenvalue weighted by Crippen LogP contribution is 2.29. The summed E-state index contributed by atoms with van der Waals surface area (Å²) in [4.78, 5) is 11.3. The summed E-state index contributed by atoms with van der Waals surface area (Å²) in [7, 11) is 0. The maximum atomic E-state index is 13.1. The second-order valence-corrected chi connectivity index (χ2v) is 4.41. The third kappa shape index (κ3) is 1.99. The number of hydrogen-bond acceptors (Lipinski definition) is 6. The number of halogens is 1. The Balaban J connectivity index is 2.28. The number of rotatable bonds is 2. The molecule has 2 aromatic heterocycles. The van der Waals surface area contributed by atoms with Crippen LogP contribution in [0.15, 0.2) is 27.1 Å². The van der Waals surface area contributed by atoms with Crippen molar-refractivity contribution in [1.29, 1.82) is 0 Å². The SMILES string of the molecule is Nc1ncc(F)c(Sc2nccs2)n1. The molecule has 0 aliphatic heterocycles. The van der Waals surface area contributed by atoms with Gasteiger partial charge < -0.3 is 5.73 Å². The van der Waals surface area contributed by atoms with E-state index in [1.54, 1.807) is 6.20 Å². The first kappa shape index (κ1) is 9.35. The lowest BCUT2D eigenvalue weighted by Gasteiger charge is -1.98. The fourth-order valence-electron chi connectivity index (χ4n) is 0.779. The van der Waals surface area contributed by atoms with Crippen molar-refractivity contribution in [2.45, 2.75) is 9.37 Å². The molecule has 0 aromatic carbocycles. The molecule has 0 amide bonds. The molecule has 0 bridgehead atoms. The van der Waals surface area contributed by atoms with Gasteiger partial charge in [-0.3, -0.25) is 0 Å². The Hall–Kier alpha value is -1.21. The first-order chi connectivity index (χ1) is 6.75. The zero-order valence-corrected chi connectivity index (χ0v) is 8.48. The minimum atomic E-state index is -0.487. The molecule has 0 fully saturated rings. The summed E-state index contributed by atoms with van der Waals surface area (Å²) >= 11 is 2.55. The van der Waals surface area contributed by atoms with Crippen molar-refractivity contribution in [3.05, 3.63) is 23.6 Å². The van der Waals surface area contributed by atoms with Crippen molar-refractivity contribution in [1.82, 2.24) is 15.0 Å². The van der Waals surface area contributed by atoms with E-state index in [0.29, 0.717) is 0 Å². The lowest BCUT2D eigenvalue weighted by atomic mass is 10.6. The van der Waals surface area contributed by atoms with Gasteiger partial charge in [-0.15, -0.1) is 11.3 Å². The van der Waals surface area contributed by atoms with Crippen molar-refractivity contribution in [2.24, 2.45) is 0 Å². The monoisotopic (exact) mass is 228 g/mol. The average molecular weight is 228 g/mol. The van der Waals surface area contributed by atoms with Crippen LogP contribution in [0.1, 0.15) is 0 Å². The zero-order chi connectivity index (χ0) is 9.97. The molecule has 2 aromatic rings. The van der Waals surface area contributed by atoms with Gasteiger partial charge in [0.25, 0.3) is 0 Å². The van der Waals surface area contributed by atoms with E-state index in [1.165, 1.54) is 11.3 Å². The second kappa shape index (κ2) is 3.89. The summed E-state index contributed by atoms with van der Waals surface area (Å²) in [6.45, 7) is 0. The molecule has 0 radical (unpaired) electrons. The first-order valence-electron chi connectivity index (χ1n) is 3.61. The van der Waals surface area contributed by atoms with Gasteiger partial charge in [-0.2, -0.15) is 0 Å². The van der Waals surface area contributed by atoms with E-state index < -0.39 is 5.82 Å². The van der Waals surface area contributed by atoms with Crippen LogP contribution in [-0.2, 0) is 0 Å². The van der Waals surface area contributed by atoms with Gasteiger partial charge in [0.15, 0.2) is 10.2 Å². The van der Waals surface area contributed by atoms with E-state index in [1.807, 2.05) is 5.38 Å². The summed E-state index contributed by atoms with van der Waals surface area (Å²) < 4.78 is 13.9. The number of nitrogens with zero attached hydrogens (tertiary/aromatic N) is 3. The van der Waals surface area contributed by atoms with Crippen molar-refractivity contribution in [2.75, 3.05) is 5.73 Å². The van der Waals surface area contributed by atoms with Gasteiger partial charge in [-0.25, -0.2) is 19.3 Å². The van der Waals surface area contributed by atoms with Crippen LogP contribution in [0.25, 0.3) is 0 Å². The highest BCUT2D eigenvalue weighted by atomic mass is 32.2. The lowest BCUT2D eigenvalue weighted by molar-refractivity contribution is 0.580. The zero-order valence-electron chi connectivity index (χ0n) is 6.85. The molecule has 0 saturated heterocycles. The highest BCUT2D eigenvalue weighted by molar-refractivity contribution is 8.01. The normalized spacial score (nSPS) is 10.4. The Morgan fingerprint density at radius 2 is 2.29 bits per heavy atom. The fourth-order valence-corrected chi connectivity index (χ4v) is 2.30. The van der Waals surface area contributed by atoms with Gasteiger partial charge in [-0.05, 0) is 11.8 Å². The van der Waals surface area contributed by atoms with Crippen LogP contribution in [0, 0.1) is 5.82 Å². The predicted molar refractivity (Wildman–Crippen MR) is 52.6 cm³/mol. The number of hydrogen-bond donors (Lipinski definition) is 1. The number of thiazole rings is 1. The number of nitrogens with two attached hydrogens (primary N) is 1. The average Bonchev–Trinajstić information content (AvgIpc) is 2.64. The summed E-state index contributed by atoms with van der Waals surface area (Å²) in [6, 6.07) is 0. The van der Waals surface area contributed by atoms with Gasteiger partial charge in [0, 0.05) is 11.6 Å². The Labute approximate surface area is 87.4 Å². The summed E-state index contributed by atoms with van der Waals surface area (Å²) in [5.74, 6) is -0.426.